The molecule has 0 atom stereocenters. The predicted octanol–water partition coefficient (Wildman–Crippen LogP) is 6.05. The highest BCUT2D eigenvalue weighted by molar-refractivity contribution is 5.80. The summed E-state index contributed by atoms with van der Waals surface area (Å²) >= 11 is 0. The van der Waals surface area contributed by atoms with Crippen LogP contribution in [0.15, 0.2) is 52.3 Å². The van der Waals surface area contributed by atoms with E-state index < -0.39 is 24.2 Å². The summed E-state index contributed by atoms with van der Waals surface area (Å²) in [6.07, 6.45) is 10.9. The molecule has 0 aromatic carbocycles. The monoisotopic (exact) mass is 446 g/mol. The van der Waals surface area contributed by atoms with Gasteiger partial charge < -0.3 is 14.6 Å². The van der Waals surface area contributed by atoms with E-state index in [2.05, 4.69) is 42.1 Å². The first-order valence-corrected chi connectivity index (χ1v) is 10.8. The third-order valence-corrected chi connectivity index (χ3v) is 4.83. The Balaban J connectivity index is 0.000000809. The lowest BCUT2D eigenvalue weighted by molar-refractivity contribution is -0.181. The van der Waals surface area contributed by atoms with Crippen molar-refractivity contribution in [3.8, 4) is 0 Å². The molecule has 6 heteroatoms. The number of aliphatic carboxylic acids is 1. The normalized spacial score (nSPS) is 15.5. The number of carbonyl (C=O) groups excluding carboxylic acids is 2. The third kappa shape index (κ3) is 13.5. The number of carbonyl (C=O) groups is 3. The topological polar surface area (TPSA) is 89.9 Å². The summed E-state index contributed by atoms with van der Waals surface area (Å²) in [6.45, 7) is 14.6. The smallest absolute Gasteiger partial charge is 0.328 e. The second kappa shape index (κ2) is 14.3. The molecule has 0 saturated heterocycles. The van der Waals surface area contributed by atoms with E-state index in [4.69, 9.17) is 5.11 Å². The van der Waals surface area contributed by atoms with Crippen LogP contribution in [0, 0.1) is 5.41 Å². The van der Waals surface area contributed by atoms with E-state index in [1.165, 1.54) is 57.3 Å². The maximum absolute atomic E-state index is 10.5. The first kappa shape index (κ1) is 29.1. The van der Waals surface area contributed by atoms with E-state index in [1.807, 2.05) is 26.0 Å². The van der Waals surface area contributed by atoms with Crippen molar-refractivity contribution in [1.82, 2.24) is 0 Å². The highest BCUT2D eigenvalue weighted by atomic mass is 16.7. The number of carboxylic acid groups (broad SMARTS) is 1. The summed E-state index contributed by atoms with van der Waals surface area (Å²) in [5, 5.41) is 8.67. The fourth-order valence-electron chi connectivity index (χ4n) is 3.38. The van der Waals surface area contributed by atoms with Gasteiger partial charge in [-0.2, -0.15) is 0 Å². The van der Waals surface area contributed by atoms with Gasteiger partial charge in [0.25, 0.3) is 0 Å². The summed E-state index contributed by atoms with van der Waals surface area (Å²) in [6, 6.07) is 0. The van der Waals surface area contributed by atoms with Gasteiger partial charge in [-0.25, -0.2) is 4.79 Å². The van der Waals surface area contributed by atoms with E-state index in [1.54, 1.807) is 0 Å². The molecule has 1 aliphatic rings. The van der Waals surface area contributed by atoms with Crippen LogP contribution in [-0.2, 0) is 23.9 Å². The third-order valence-electron chi connectivity index (χ3n) is 4.83. The molecule has 0 aliphatic heterocycles. The van der Waals surface area contributed by atoms with Crippen LogP contribution >= 0.6 is 0 Å². The largest absolute Gasteiger partial charge is 0.478 e. The van der Waals surface area contributed by atoms with Gasteiger partial charge in [-0.05, 0) is 69.1 Å². The number of hydrogen-bond donors (Lipinski definition) is 1. The number of hydrogen-bond acceptors (Lipinski definition) is 5. The molecule has 0 aromatic heterocycles. The number of allylic oxidation sites excluding steroid dienone is 6. The van der Waals surface area contributed by atoms with Gasteiger partial charge >= 0.3 is 17.9 Å². The summed E-state index contributed by atoms with van der Waals surface area (Å²) in [7, 11) is 0. The highest BCUT2D eigenvalue weighted by Gasteiger charge is 2.26. The Morgan fingerprint density at radius 2 is 1.69 bits per heavy atom. The van der Waals surface area contributed by atoms with Gasteiger partial charge in [-0.15, -0.1) is 5.73 Å². The van der Waals surface area contributed by atoms with Crippen molar-refractivity contribution in [2.75, 3.05) is 0 Å². The lowest BCUT2D eigenvalue weighted by atomic mass is 9.73. The summed E-state index contributed by atoms with van der Waals surface area (Å²) in [5.74, 6) is -1.82. The van der Waals surface area contributed by atoms with Crippen molar-refractivity contribution in [2.45, 2.75) is 87.4 Å². The summed E-state index contributed by atoms with van der Waals surface area (Å²) in [4.78, 5) is 31.0. The van der Waals surface area contributed by atoms with Gasteiger partial charge in [-0.3, -0.25) is 9.59 Å². The number of rotatable bonds is 7. The predicted molar refractivity (Wildman–Crippen MR) is 126 cm³/mol. The fraction of sp³-hybridized carbons (Fsp3) is 0.538. The Kier molecular flexibility index (Phi) is 13.0. The molecule has 0 fully saturated rings. The second-order valence-corrected chi connectivity index (χ2v) is 8.63. The van der Waals surface area contributed by atoms with Gasteiger partial charge in [-0.1, -0.05) is 37.1 Å². The molecule has 0 aromatic rings. The molecule has 1 aliphatic carbocycles. The molecule has 1 rings (SSSR count). The zero-order valence-electron chi connectivity index (χ0n) is 20.7. The minimum atomic E-state index is -0.889. The van der Waals surface area contributed by atoms with Gasteiger partial charge in [0, 0.05) is 26.8 Å². The highest BCUT2D eigenvalue weighted by Crippen LogP contribution is 2.40. The van der Waals surface area contributed by atoms with Crippen LogP contribution in [-0.4, -0.2) is 29.3 Å². The number of ether oxygens (including phenoxy) is 2. The second-order valence-electron chi connectivity index (χ2n) is 8.63. The molecule has 0 amide bonds. The first-order valence-electron chi connectivity index (χ1n) is 10.8. The van der Waals surface area contributed by atoms with Crippen LogP contribution < -0.4 is 0 Å². The fourth-order valence-corrected chi connectivity index (χ4v) is 3.38. The molecule has 178 valence electrons. The maximum atomic E-state index is 10.5. The molecule has 0 bridgehead atoms. The molecule has 0 spiro atoms. The first-order chi connectivity index (χ1) is 14.7. The Bertz CT molecular complexity index is 816. The van der Waals surface area contributed by atoms with Crippen LogP contribution in [0.5, 0.6) is 0 Å². The van der Waals surface area contributed by atoms with Crippen molar-refractivity contribution in [1.29, 1.82) is 0 Å². The Morgan fingerprint density at radius 3 is 2.16 bits per heavy atom. The van der Waals surface area contributed by atoms with Gasteiger partial charge in [0.2, 0.25) is 6.29 Å². The molecule has 0 saturated carbocycles. The Morgan fingerprint density at radius 1 is 1.12 bits per heavy atom. The van der Waals surface area contributed by atoms with E-state index in [0.717, 1.165) is 11.1 Å². The van der Waals surface area contributed by atoms with Gasteiger partial charge in [0.05, 0.1) is 0 Å². The van der Waals surface area contributed by atoms with Crippen molar-refractivity contribution in [3.05, 3.63) is 52.3 Å². The molecular formula is C26H38O6. The molecule has 0 unspecified atom stereocenters. The molecule has 32 heavy (non-hydrogen) atoms. The maximum Gasteiger partial charge on any atom is 0.328 e. The van der Waals surface area contributed by atoms with Crippen molar-refractivity contribution < 1.29 is 29.0 Å². The number of esters is 2. The van der Waals surface area contributed by atoms with Crippen LogP contribution in [0.2, 0.25) is 0 Å². The van der Waals surface area contributed by atoms with E-state index >= 15 is 0 Å². The zero-order chi connectivity index (χ0) is 24.9. The van der Waals surface area contributed by atoms with Crippen molar-refractivity contribution in [2.24, 2.45) is 5.41 Å². The van der Waals surface area contributed by atoms with Crippen LogP contribution in [0.1, 0.15) is 81.1 Å². The SMILES string of the molecule is CC(=C=CC1=C(C)CCCC1(C)C)C=CCC(C)=CC(=O)O.CC(=O)OC(C)OC(C)=O. The van der Waals surface area contributed by atoms with E-state index in [9.17, 15) is 14.4 Å². The minimum absolute atomic E-state index is 0.236. The minimum Gasteiger partial charge on any atom is -0.478 e. The molecule has 6 nitrogen and oxygen atoms in total. The molecular weight excluding hydrogens is 408 g/mol. The molecule has 0 radical (unpaired) electrons. The lowest BCUT2D eigenvalue weighted by Gasteiger charge is -2.32. The average molecular weight is 447 g/mol. The summed E-state index contributed by atoms with van der Waals surface area (Å²) in [5.41, 5.74) is 8.38. The Hall–Kier alpha value is -2.85. The quantitative estimate of drug-likeness (QED) is 0.168. The van der Waals surface area contributed by atoms with E-state index in [-0.39, 0.29) is 5.41 Å². The van der Waals surface area contributed by atoms with Gasteiger partial charge in [0.15, 0.2) is 0 Å². The number of carboxylic acids is 1. The summed E-state index contributed by atoms with van der Waals surface area (Å²) < 4.78 is 8.96. The molecule has 0 heterocycles. The van der Waals surface area contributed by atoms with Gasteiger partial charge in [0.1, 0.15) is 0 Å². The van der Waals surface area contributed by atoms with Crippen LogP contribution in [0.4, 0.5) is 0 Å². The van der Waals surface area contributed by atoms with E-state index in [0.29, 0.717) is 6.42 Å². The van der Waals surface area contributed by atoms with Crippen molar-refractivity contribution >= 4 is 17.9 Å². The van der Waals surface area contributed by atoms with Crippen molar-refractivity contribution in [3.63, 3.8) is 0 Å². The van der Waals surface area contributed by atoms with Crippen LogP contribution in [0.3, 0.4) is 0 Å². The Labute approximate surface area is 192 Å². The zero-order valence-corrected chi connectivity index (χ0v) is 20.7. The lowest BCUT2D eigenvalue weighted by Crippen LogP contribution is -2.18. The molecule has 1 N–H and O–H groups in total. The van der Waals surface area contributed by atoms with Crippen LogP contribution in [0.25, 0.3) is 0 Å². The average Bonchev–Trinajstić information content (AvgIpc) is 2.59. The standard InChI is InChI=1S/C20H28O2.C6H10O4/c1-15(8-6-9-16(2)14-19(21)22)11-12-18-17(3)10-7-13-20(18,4)5;1-4(7)9-6(3)10-5(2)8/h6,8,12,14H,7,9-10,13H2,1-5H3,(H,21,22);6H,1-3H3.